The molecule has 1 atom stereocenters. The third-order valence-electron chi connectivity index (χ3n) is 4.36. The molecule has 6 nitrogen and oxygen atoms in total. The number of anilines is 1. The van der Waals surface area contributed by atoms with E-state index in [2.05, 4.69) is 15.5 Å². The molecule has 2 heterocycles. The van der Waals surface area contributed by atoms with Crippen molar-refractivity contribution in [1.29, 1.82) is 0 Å². The van der Waals surface area contributed by atoms with E-state index in [9.17, 15) is 4.79 Å². The highest BCUT2D eigenvalue weighted by molar-refractivity contribution is 5.80. The maximum atomic E-state index is 12.4. The summed E-state index contributed by atoms with van der Waals surface area (Å²) in [6.45, 7) is 4.15. The van der Waals surface area contributed by atoms with Gasteiger partial charge >= 0.3 is 0 Å². The third kappa shape index (κ3) is 4.16. The van der Waals surface area contributed by atoms with E-state index in [0.29, 0.717) is 12.0 Å². The summed E-state index contributed by atoms with van der Waals surface area (Å²) in [6, 6.07) is 4.13. The van der Waals surface area contributed by atoms with Crippen molar-refractivity contribution >= 4 is 11.7 Å². The Labute approximate surface area is 131 Å². The molecule has 1 aromatic rings. The van der Waals surface area contributed by atoms with Crippen LogP contribution >= 0.6 is 0 Å². The molecule has 1 saturated heterocycles. The number of amides is 1. The molecule has 22 heavy (non-hydrogen) atoms. The molecule has 2 fully saturated rings. The Kier molecular flexibility index (Phi) is 4.87. The third-order valence-corrected chi connectivity index (χ3v) is 4.36. The minimum Gasteiger partial charge on any atom is -0.368 e. The molecule has 1 amide bonds. The molecule has 2 aliphatic rings. The Morgan fingerprint density at radius 3 is 2.82 bits per heavy atom. The van der Waals surface area contributed by atoms with Crippen LogP contribution in [0.5, 0.6) is 0 Å². The number of rotatable bonds is 6. The van der Waals surface area contributed by atoms with Crippen LogP contribution in [-0.2, 0) is 9.53 Å². The standard InChI is InChI=1S/C16H24N4O2/c1-12(22-11-13-4-5-13)16(21)20-9-6-14(7-10-20)18-15-3-2-8-17-19-15/h2-3,8,12-14H,4-7,9-11H2,1H3,(H,18,19)/t12-/m1/s1. The molecule has 0 radical (unpaired) electrons. The smallest absolute Gasteiger partial charge is 0.251 e. The molecule has 1 aromatic heterocycles. The van der Waals surface area contributed by atoms with Gasteiger partial charge in [0.25, 0.3) is 5.91 Å². The van der Waals surface area contributed by atoms with E-state index in [-0.39, 0.29) is 12.0 Å². The van der Waals surface area contributed by atoms with Crippen molar-refractivity contribution in [2.75, 3.05) is 25.0 Å². The van der Waals surface area contributed by atoms with Crippen LogP contribution in [0.25, 0.3) is 0 Å². The van der Waals surface area contributed by atoms with Crippen molar-refractivity contribution in [2.45, 2.75) is 44.8 Å². The summed E-state index contributed by atoms with van der Waals surface area (Å²) >= 11 is 0. The zero-order chi connectivity index (χ0) is 15.4. The van der Waals surface area contributed by atoms with Gasteiger partial charge in [-0.15, -0.1) is 5.10 Å². The number of piperidine rings is 1. The molecular formula is C16H24N4O2. The summed E-state index contributed by atoms with van der Waals surface area (Å²) in [5.74, 6) is 1.61. The second kappa shape index (κ2) is 7.05. The lowest BCUT2D eigenvalue weighted by Gasteiger charge is -2.34. The zero-order valence-electron chi connectivity index (χ0n) is 13.1. The number of aromatic nitrogens is 2. The molecule has 6 heteroatoms. The van der Waals surface area contributed by atoms with Gasteiger partial charge in [0.15, 0.2) is 0 Å². The Hall–Kier alpha value is -1.69. The number of carbonyl (C=O) groups is 1. The molecular weight excluding hydrogens is 280 g/mol. The lowest BCUT2D eigenvalue weighted by atomic mass is 10.0. The SMILES string of the molecule is C[C@@H](OCC1CC1)C(=O)N1CCC(Nc2cccnn2)CC1. The minimum atomic E-state index is -0.315. The second-order valence-corrected chi connectivity index (χ2v) is 6.27. The Morgan fingerprint density at radius 2 is 2.18 bits per heavy atom. The van der Waals surface area contributed by atoms with Crippen LogP contribution in [0.15, 0.2) is 18.3 Å². The van der Waals surface area contributed by atoms with Gasteiger partial charge in [-0.25, -0.2) is 0 Å². The van der Waals surface area contributed by atoms with Crippen molar-refractivity contribution in [3.05, 3.63) is 18.3 Å². The van der Waals surface area contributed by atoms with Crippen molar-refractivity contribution in [1.82, 2.24) is 15.1 Å². The Balaban J connectivity index is 1.41. The summed E-state index contributed by atoms with van der Waals surface area (Å²) in [7, 11) is 0. The van der Waals surface area contributed by atoms with Crippen molar-refractivity contribution < 1.29 is 9.53 Å². The van der Waals surface area contributed by atoms with Gasteiger partial charge in [0.05, 0.1) is 6.61 Å². The fraction of sp³-hybridized carbons (Fsp3) is 0.688. The first-order valence-electron chi connectivity index (χ1n) is 8.17. The van der Waals surface area contributed by atoms with Crippen LogP contribution in [0.2, 0.25) is 0 Å². The predicted molar refractivity (Wildman–Crippen MR) is 83.4 cm³/mol. The first kappa shape index (κ1) is 15.2. The number of carbonyl (C=O) groups excluding carboxylic acids is 1. The highest BCUT2D eigenvalue weighted by atomic mass is 16.5. The van der Waals surface area contributed by atoms with E-state index in [1.165, 1.54) is 12.8 Å². The van der Waals surface area contributed by atoms with Crippen LogP contribution in [0, 0.1) is 5.92 Å². The van der Waals surface area contributed by atoms with Crippen molar-refractivity contribution in [3.63, 3.8) is 0 Å². The molecule has 0 aromatic carbocycles. The fourth-order valence-electron chi connectivity index (χ4n) is 2.73. The van der Waals surface area contributed by atoms with Gasteiger partial charge in [0.2, 0.25) is 0 Å². The maximum Gasteiger partial charge on any atom is 0.251 e. The van der Waals surface area contributed by atoms with Crippen molar-refractivity contribution in [3.8, 4) is 0 Å². The van der Waals surface area contributed by atoms with Gasteiger partial charge in [-0.3, -0.25) is 4.79 Å². The van der Waals surface area contributed by atoms with Gasteiger partial charge < -0.3 is 15.0 Å². The summed E-state index contributed by atoms with van der Waals surface area (Å²) in [4.78, 5) is 14.3. The summed E-state index contributed by atoms with van der Waals surface area (Å²) in [5, 5.41) is 11.3. The normalized spacial score (nSPS) is 20.7. The minimum absolute atomic E-state index is 0.124. The largest absolute Gasteiger partial charge is 0.368 e. The van der Waals surface area contributed by atoms with Gasteiger partial charge in [-0.05, 0) is 50.7 Å². The molecule has 0 spiro atoms. The van der Waals surface area contributed by atoms with E-state index in [1.54, 1.807) is 6.20 Å². The number of nitrogens with zero attached hydrogens (tertiary/aromatic N) is 3. The molecule has 1 aliphatic carbocycles. The summed E-state index contributed by atoms with van der Waals surface area (Å²) < 4.78 is 5.68. The second-order valence-electron chi connectivity index (χ2n) is 6.27. The maximum absolute atomic E-state index is 12.4. The van der Waals surface area contributed by atoms with Crippen LogP contribution in [0.1, 0.15) is 32.6 Å². The monoisotopic (exact) mass is 304 g/mol. The van der Waals surface area contributed by atoms with E-state index >= 15 is 0 Å². The lowest BCUT2D eigenvalue weighted by Crippen LogP contribution is -2.46. The lowest BCUT2D eigenvalue weighted by molar-refractivity contribution is -0.143. The molecule has 0 bridgehead atoms. The number of hydrogen-bond donors (Lipinski definition) is 1. The zero-order valence-corrected chi connectivity index (χ0v) is 13.1. The molecule has 120 valence electrons. The summed E-state index contributed by atoms with van der Waals surface area (Å²) in [6.07, 6.45) is 5.70. The molecule has 1 aliphatic heterocycles. The highest BCUT2D eigenvalue weighted by Crippen LogP contribution is 2.29. The quantitative estimate of drug-likeness (QED) is 0.866. The van der Waals surface area contributed by atoms with E-state index in [0.717, 1.165) is 38.4 Å². The number of likely N-dealkylation sites (tertiary alicyclic amines) is 1. The predicted octanol–water partition coefficient (Wildman–Crippen LogP) is 1.69. The van der Waals surface area contributed by atoms with Crippen LogP contribution in [0.4, 0.5) is 5.82 Å². The fourth-order valence-corrected chi connectivity index (χ4v) is 2.73. The first-order chi connectivity index (χ1) is 10.7. The van der Waals surface area contributed by atoms with E-state index in [4.69, 9.17) is 4.74 Å². The van der Waals surface area contributed by atoms with E-state index < -0.39 is 0 Å². The Morgan fingerprint density at radius 1 is 1.41 bits per heavy atom. The topological polar surface area (TPSA) is 67.3 Å². The Bertz CT molecular complexity index is 484. The average molecular weight is 304 g/mol. The van der Waals surface area contributed by atoms with Crippen molar-refractivity contribution in [2.24, 2.45) is 5.92 Å². The van der Waals surface area contributed by atoms with E-state index in [1.807, 2.05) is 24.0 Å². The van der Waals surface area contributed by atoms with Gasteiger partial charge in [0, 0.05) is 25.3 Å². The van der Waals surface area contributed by atoms with Gasteiger partial charge in [-0.1, -0.05) is 0 Å². The molecule has 3 rings (SSSR count). The van der Waals surface area contributed by atoms with Crippen LogP contribution < -0.4 is 5.32 Å². The molecule has 1 N–H and O–H groups in total. The summed E-state index contributed by atoms with van der Waals surface area (Å²) in [5.41, 5.74) is 0. The number of hydrogen-bond acceptors (Lipinski definition) is 5. The van der Waals surface area contributed by atoms with Crippen LogP contribution in [-0.4, -0.2) is 52.8 Å². The first-order valence-corrected chi connectivity index (χ1v) is 8.17. The van der Waals surface area contributed by atoms with Gasteiger partial charge in [0.1, 0.15) is 11.9 Å². The van der Waals surface area contributed by atoms with Crippen LogP contribution in [0.3, 0.4) is 0 Å². The average Bonchev–Trinajstić information content (AvgIpc) is 3.38. The number of nitrogens with one attached hydrogen (secondary N) is 1. The molecule has 1 saturated carbocycles. The van der Waals surface area contributed by atoms with Gasteiger partial charge in [-0.2, -0.15) is 5.10 Å². The molecule has 0 unspecified atom stereocenters. The number of ether oxygens (including phenoxy) is 1. The highest BCUT2D eigenvalue weighted by Gasteiger charge is 2.28.